The number of hydrogen-bond donors (Lipinski definition) is 0. The van der Waals surface area contributed by atoms with Crippen LogP contribution in [-0.2, 0) is 9.84 Å². The predicted molar refractivity (Wildman–Crippen MR) is 73.9 cm³/mol. The van der Waals surface area contributed by atoms with Crippen molar-refractivity contribution in [3.05, 3.63) is 0 Å². The summed E-state index contributed by atoms with van der Waals surface area (Å²) in [6, 6.07) is 0. The van der Waals surface area contributed by atoms with Crippen LogP contribution in [0, 0.1) is 11.8 Å². The van der Waals surface area contributed by atoms with Crippen molar-refractivity contribution in [2.75, 3.05) is 11.5 Å². The van der Waals surface area contributed by atoms with Gasteiger partial charge in [-0.15, -0.1) is 0 Å². The molecule has 1 heterocycles. The van der Waals surface area contributed by atoms with Crippen LogP contribution in [0.15, 0.2) is 0 Å². The molecule has 1 aliphatic heterocycles. The number of unbranched alkanes of at least 4 members (excludes halogenated alkanes) is 3. The highest BCUT2D eigenvalue weighted by Gasteiger charge is 2.24. The Bertz CT molecular complexity index is 281. The minimum atomic E-state index is -2.68. The van der Waals surface area contributed by atoms with Gasteiger partial charge in [-0.3, -0.25) is 0 Å². The zero-order valence-electron chi connectivity index (χ0n) is 11.5. The molecule has 1 aliphatic rings. The van der Waals surface area contributed by atoms with Gasteiger partial charge in [0, 0.05) is 0 Å². The van der Waals surface area contributed by atoms with Gasteiger partial charge >= 0.3 is 0 Å². The van der Waals surface area contributed by atoms with Crippen LogP contribution in [-0.4, -0.2) is 19.9 Å². The average molecular weight is 260 g/mol. The van der Waals surface area contributed by atoms with E-state index in [0.717, 1.165) is 18.8 Å². The maximum absolute atomic E-state index is 11.3. The summed E-state index contributed by atoms with van der Waals surface area (Å²) in [5, 5.41) is 0. The summed E-state index contributed by atoms with van der Waals surface area (Å²) in [4.78, 5) is 0. The summed E-state index contributed by atoms with van der Waals surface area (Å²) in [7, 11) is -2.68. The fraction of sp³-hybridized carbons (Fsp3) is 1.00. The quantitative estimate of drug-likeness (QED) is 0.652. The zero-order chi connectivity index (χ0) is 12.7. The molecule has 1 saturated heterocycles. The molecule has 0 bridgehead atoms. The van der Waals surface area contributed by atoms with Gasteiger partial charge in [0.15, 0.2) is 0 Å². The van der Waals surface area contributed by atoms with Crippen molar-refractivity contribution in [1.82, 2.24) is 0 Å². The summed E-state index contributed by atoms with van der Waals surface area (Å²) >= 11 is 0. The highest BCUT2D eigenvalue weighted by Crippen LogP contribution is 2.27. The predicted octanol–water partition coefficient (Wildman–Crippen LogP) is 3.81. The molecule has 1 unspecified atom stereocenters. The molecule has 0 saturated carbocycles. The van der Waals surface area contributed by atoms with Gasteiger partial charge in [0.1, 0.15) is 9.84 Å². The first kappa shape index (κ1) is 15.0. The Kier molecular flexibility index (Phi) is 6.53. The van der Waals surface area contributed by atoms with Crippen LogP contribution in [0.2, 0.25) is 0 Å². The maximum atomic E-state index is 11.3. The zero-order valence-corrected chi connectivity index (χ0v) is 12.3. The molecule has 3 heteroatoms. The van der Waals surface area contributed by atoms with Gasteiger partial charge in [0.05, 0.1) is 11.5 Å². The number of sulfone groups is 1. The molecule has 0 amide bonds. The summed E-state index contributed by atoms with van der Waals surface area (Å²) in [5.41, 5.74) is 0. The third kappa shape index (κ3) is 6.44. The molecule has 1 fully saturated rings. The lowest BCUT2D eigenvalue weighted by Gasteiger charge is -2.24. The Morgan fingerprint density at radius 3 is 2.35 bits per heavy atom. The van der Waals surface area contributed by atoms with Crippen molar-refractivity contribution >= 4 is 9.84 Å². The molecule has 0 aromatic rings. The van der Waals surface area contributed by atoms with Crippen LogP contribution in [0.4, 0.5) is 0 Å². The van der Waals surface area contributed by atoms with Gasteiger partial charge in [0.2, 0.25) is 0 Å². The first-order chi connectivity index (χ1) is 8.03. The Hall–Kier alpha value is -0.0500. The molecule has 1 atom stereocenters. The monoisotopic (exact) mass is 260 g/mol. The minimum absolute atomic E-state index is 0.431. The lowest BCUT2D eigenvalue weighted by atomic mass is 9.88. The Morgan fingerprint density at radius 2 is 1.76 bits per heavy atom. The number of hydrogen-bond acceptors (Lipinski definition) is 2. The Morgan fingerprint density at radius 1 is 1.12 bits per heavy atom. The second-order valence-corrected chi connectivity index (χ2v) is 8.09. The average Bonchev–Trinajstić information content (AvgIpc) is 2.28. The Labute approximate surface area is 107 Å². The van der Waals surface area contributed by atoms with Crippen molar-refractivity contribution in [3.8, 4) is 0 Å². The van der Waals surface area contributed by atoms with Crippen LogP contribution in [0.25, 0.3) is 0 Å². The van der Waals surface area contributed by atoms with E-state index in [4.69, 9.17) is 0 Å². The molecule has 0 aliphatic carbocycles. The summed E-state index contributed by atoms with van der Waals surface area (Å²) in [5.74, 6) is 2.30. The summed E-state index contributed by atoms with van der Waals surface area (Å²) < 4.78 is 22.7. The largest absolute Gasteiger partial charge is 0.229 e. The maximum Gasteiger partial charge on any atom is 0.150 e. The minimum Gasteiger partial charge on any atom is -0.229 e. The second kappa shape index (κ2) is 7.40. The molecule has 1 rings (SSSR count). The van der Waals surface area contributed by atoms with Crippen molar-refractivity contribution in [2.24, 2.45) is 11.8 Å². The topological polar surface area (TPSA) is 34.1 Å². The summed E-state index contributed by atoms with van der Waals surface area (Å²) in [6.07, 6.45) is 9.73. The van der Waals surface area contributed by atoms with E-state index in [1.54, 1.807) is 0 Å². The van der Waals surface area contributed by atoms with Gasteiger partial charge in [-0.2, -0.15) is 0 Å². The molecule has 2 nitrogen and oxygen atoms in total. The van der Waals surface area contributed by atoms with Gasteiger partial charge < -0.3 is 0 Å². The molecule has 102 valence electrons. The summed E-state index contributed by atoms with van der Waals surface area (Å²) in [6.45, 7) is 4.57. The highest BCUT2D eigenvalue weighted by molar-refractivity contribution is 7.91. The van der Waals surface area contributed by atoms with Crippen LogP contribution in [0.3, 0.4) is 0 Å². The lowest BCUT2D eigenvalue weighted by molar-refractivity contribution is 0.341. The Balaban J connectivity index is 2.12. The van der Waals surface area contributed by atoms with E-state index in [1.165, 1.54) is 38.5 Å². The fourth-order valence-electron chi connectivity index (χ4n) is 2.78. The third-order valence-corrected chi connectivity index (χ3v) is 5.68. The van der Waals surface area contributed by atoms with Crippen molar-refractivity contribution in [3.63, 3.8) is 0 Å². The van der Waals surface area contributed by atoms with Crippen LogP contribution < -0.4 is 0 Å². The number of rotatable bonds is 7. The second-order valence-electron chi connectivity index (χ2n) is 5.79. The van der Waals surface area contributed by atoms with Gasteiger partial charge in [-0.05, 0) is 31.1 Å². The molecule has 0 N–H and O–H groups in total. The van der Waals surface area contributed by atoms with E-state index < -0.39 is 9.84 Å². The molecule has 17 heavy (non-hydrogen) atoms. The van der Waals surface area contributed by atoms with Crippen LogP contribution >= 0.6 is 0 Å². The molecular formula is C14H28O2S. The molecule has 0 aromatic heterocycles. The third-order valence-electron chi connectivity index (χ3n) is 3.96. The first-order valence-corrected chi connectivity index (χ1v) is 9.06. The fourth-order valence-corrected chi connectivity index (χ4v) is 4.37. The van der Waals surface area contributed by atoms with E-state index in [1.807, 2.05) is 0 Å². The smallest absolute Gasteiger partial charge is 0.150 e. The molecule has 0 radical (unpaired) electrons. The van der Waals surface area contributed by atoms with Crippen LogP contribution in [0.5, 0.6) is 0 Å². The van der Waals surface area contributed by atoms with Crippen molar-refractivity contribution in [2.45, 2.75) is 65.2 Å². The van der Waals surface area contributed by atoms with Gasteiger partial charge in [-0.1, -0.05) is 46.0 Å². The van der Waals surface area contributed by atoms with Gasteiger partial charge in [-0.25, -0.2) is 8.42 Å². The van der Waals surface area contributed by atoms with Crippen molar-refractivity contribution < 1.29 is 8.42 Å². The van der Waals surface area contributed by atoms with Gasteiger partial charge in [0.25, 0.3) is 0 Å². The standard InChI is InChI=1S/C14H28O2S/c1-3-4-5-6-7-13(2)12-14-8-10-17(15,16)11-9-14/h13-14H,3-12H2,1-2H3. The highest BCUT2D eigenvalue weighted by atomic mass is 32.2. The molecular weight excluding hydrogens is 232 g/mol. The van der Waals surface area contributed by atoms with Crippen molar-refractivity contribution in [1.29, 1.82) is 0 Å². The lowest BCUT2D eigenvalue weighted by Crippen LogP contribution is -2.24. The SMILES string of the molecule is CCCCCCC(C)CC1CCS(=O)(=O)CC1. The van der Waals surface area contributed by atoms with E-state index in [0.29, 0.717) is 17.4 Å². The van der Waals surface area contributed by atoms with E-state index in [2.05, 4.69) is 13.8 Å². The first-order valence-electron chi connectivity index (χ1n) is 7.24. The molecule has 0 aromatic carbocycles. The normalized spacial score (nSPS) is 22.5. The van der Waals surface area contributed by atoms with E-state index in [9.17, 15) is 8.42 Å². The van der Waals surface area contributed by atoms with E-state index >= 15 is 0 Å². The van der Waals surface area contributed by atoms with E-state index in [-0.39, 0.29) is 0 Å². The van der Waals surface area contributed by atoms with Crippen LogP contribution in [0.1, 0.15) is 65.2 Å². The molecule has 0 spiro atoms.